The first-order chi connectivity index (χ1) is 16.9. The zero-order valence-electron chi connectivity index (χ0n) is 20.0. The molecule has 3 aliphatic rings. The van der Waals surface area contributed by atoms with Crippen LogP contribution in [0.4, 0.5) is 21.8 Å². The summed E-state index contributed by atoms with van der Waals surface area (Å²) in [6.45, 7) is 0.507. The fourth-order valence-corrected chi connectivity index (χ4v) is 5.93. The maximum atomic E-state index is 14.3. The minimum Gasteiger partial charge on any atom is -0.336 e. The molecular weight excluding hydrogens is 469 g/mol. The Bertz CT molecular complexity index is 1170. The fourth-order valence-electron chi connectivity index (χ4n) is 5.40. The summed E-state index contributed by atoms with van der Waals surface area (Å²) in [6, 6.07) is 7.25. The van der Waals surface area contributed by atoms with Gasteiger partial charge >= 0.3 is 0 Å². The van der Waals surface area contributed by atoms with E-state index in [1.54, 1.807) is 24.4 Å². The number of para-hydroxylation sites is 1. The van der Waals surface area contributed by atoms with Crippen molar-refractivity contribution in [1.82, 2.24) is 19.6 Å². The maximum Gasteiger partial charge on any atom is 0.209 e. The van der Waals surface area contributed by atoms with Gasteiger partial charge in [-0.15, -0.1) is 0 Å². The number of aliphatic imine (C=N–C) groups is 1. The molecule has 2 aromatic rings. The van der Waals surface area contributed by atoms with Gasteiger partial charge in [0.2, 0.25) is 16.0 Å². The summed E-state index contributed by atoms with van der Waals surface area (Å²) in [5, 5.41) is 10.3. The Morgan fingerprint density at radius 1 is 1.11 bits per heavy atom. The van der Waals surface area contributed by atoms with Gasteiger partial charge in [0, 0.05) is 18.6 Å². The van der Waals surface area contributed by atoms with Gasteiger partial charge in [-0.3, -0.25) is 14.9 Å². The second-order valence-corrected chi connectivity index (χ2v) is 11.7. The first-order valence-corrected chi connectivity index (χ1v) is 14.4. The molecule has 9 nitrogen and oxygen atoms in total. The summed E-state index contributed by atoms with van der Waals surface area (Å²) in [4.78, 5) is 9.39. The van der Waals surface area contributed by atoms with Crippen LogP contribution < -0.4 is 20.7 Å². The number of anilines is 3. The van der Waals surface area contributed by atoms with Gasteiger partial charge in [-0.05, 0) is 56.6 Å². The number of imidazole rings is 1. The zero-order valence-corrected chi connectivity index (χ0v) is 20.8. The van der Waals surface area contributed by atoms with Crippen molar-refractivity contribution in [2.45, 2.75) is 69.7 Å². The number of fused-ring (bicyclic) bond motifs is 1. The fraction of sp³-hybridized carbons (Fsp3) is 0.583. The number of benzene rings is 1. The van der Waals surface area contributed by atoms with Crippen LogP contribution in [0.3, 0.4) is 0 Å². The van der Waals surface area contributed by atoms with E-state index in [0.717, 1.165) is 50.0 Å². The smallest absolute Gasteiger partial charge is 0.209 e. The van der Waals surface area contributed by atoms with E-state index in [4.69, 9.17) is 4.98 Å². The lowest BCUT2D eigenvalue weighted by Gasteiger charge is -2.32. The van der Waals surface area contributed by atoms with Crippen molar-refractivity contribution in [2.24, 2.45) is 10.9 Å². The van der Waals surface area contributed by atoms with Crippen molar-refractivity contribution in [1.29, 1.82) is 0 Å². The van der Waals surface area contributed by atoms with Crippen LogP contribution in [-0.2, 0) is 10.0 Å². The molecule has 0 spiro atoms. The molecule has 1 aliphatic heterocycles. The molecule has 0 bridgehead atoms. The van der Waals surface area contributed by atoms with Crippen molar-refractivity contribution in [2.75, 3.05) is 23.4 Å². The number of nitrogens with one attached hydrogen (secondary N) is 4. The van der Waals surface area contributed by atoms with Crippen LogP contribution in [0.1, 0.15) is 63.1 Å². The molecule has 2 saturated carbocycles. The summed E-state index contributed by atoms with van der Waals surface area (Å²) < 4.78 is 41.9. The molecule has 5 rings (SSSR count). The van der Waals surface area contributed by atoms with E-state index in [2.05, 4.69) is 30.2 Å². The van der Waals surface area contributed by atoms with Gasteiger partial charge in [-0.25, -0.2) is 22.5 Å². The standard InChI is InChI=1S/C24H34FN7O2S/c1-35(33,34)27-14-16-10-12-17(13-11-16)28-23-26-15-21-22(31-23)32(18-6-2-3-7-18)24(30-21)29-20-9-5-4-8-19(20)25/h4-5,8-9,15-18,23,27-28,31H,2-3,6-7,10-14H2,1H3,(H,29,30). The molecule has 2 fully saturated rings. The number of nitrogens with zero attached hydrogens (tertiary/aromatic N) is 3. The monoisotopic (exact) mass is 503 g/mol. The number of hydrogen-bond donors (Lipinski definition) is 4. The molecule has 1 unspecified atom stereocenters. The number of aromatic nitrogens is 2. The summed E-state index contributed by atoms with van der Waals surface area (Å²) in [7, 11) is -3.15. The molecule has 0 amide bonds. The van der Waals surface area contributed by atoms with Gasteiger partial charge in [-0.2, -0.15) is 0 Å². The van der Waals surface area contributed by atoms with Crippen LogP contribution in [0, 0.1) is 11.7 Å². The third kappa shape index (κ3) is 5.84. The maximum absolute atomic E-state index is 14.3. The molecule has 190 valence electrons. The van der Waals surface area contributed by atoms with E-state index in [1.807, 2.05) is 0 Å². The predicted octanol–water partition coefficient (Wildman–Crippen LogP) is 3.71. The van der Waals surface area contributed by atoms with Crippen LogP contribution in [0.2, 0.25) is 0 Å². The number of rotatable bonds is 8. The van der Waals surface area contributed by atoms with Gasteiger partial charge in [0.05, 0.1) is 18.2 Å². The minimum atomic E-state index is -3.15. The Kier molecular flexibility index (Phi) is 7.08. The zero-order chi connectivity index (χ0) is 24.4. The highest BCUT2D eigenvalue weighted by Gasteiger charge is 2.30. The van der Waals surface area contributed by atoms with Crippen LogP contribution >= 0.6 is 0 Å². The van der Waals surface area contributed by atoms with Crippen molar-refractivity contribution in [3.05, 3.63) is 35.8 Å². The SMILES string of the molecule is CS(=O)(=O)NCC1CCC(NC2N=Cc3nc(Nc4ccccc4F)n(C4CCCC4)c3N2)CC1. The first kappa shape index (κ1) is 24.2. The Balaban J connectivity index is 1.26. The summed E-state index contributed by atoms with van der Waals surface area (Å²) >= 11 is 0. The molecule has 0 radical (unpaired) electrons. The lowest BCUT2D eigenvalue weighted by molar-refractivity contribution is 0.280. The van der Waals surface area contributed by atoms with Gasteiger partial charge in [0.15, 0.2) is 6.29 Å². The molecule has 4 N–H and O–H groups in total. The van der Waals surface area contributed by atoms with E-state index in [9.17, 15) is 12.8 Å². The highest BCUT2D eigenvalue weighted by atomic mass is 32.2. The molecule has 1 atom stereocenters. The minimum absolute atomic E-state index is 0.267. The van der Waals surface area contributed by atoms with Crippen LogP contribution in [-0.4, -0.2) is 49.3 Å². The molecular formula is C24H34FN7O2S. The number of hydrogen-bond acceptors (Lipinski definition) is 7. The van der Waals surface area contributed by atoms with Crippen molar-refractivity contribution < 1.29 is 12.8 Å². The molecule has 11 heteroatoms. The Labute approximate surface area is 206 Å². The van der Waals surface area contributed by atoms with Crippen molar-refractivity contribution >= 4 is 33.7 Å². The second-order valence-electron chi connectivity index (χ2n) is 9.91. The quantitative estimate of drug-likeness (QED) is 0.437. The number of sulfonamides is 1. The Hall–Kier alpha value is -2.50. The average Bonchev–Trinajstić information content (AvgIpc) is 3.47. The third-order valence-corrected chi connectivity index (χ3v) is 7.93. The molecule has 2 heterocycles. The highest BCUT2D eigenvalue weighted by Crippen LogP contribution is 2.38. The second kappa shape index (κ2) is 10.2. The predicted molar refractivity (Wildman–Crippen MR) is 136 cm³/mol. The van der Waals surface area contributed by atoms with E-state index < -0.39 is 10.0 Å². The lowest BCUT2D eigenvalue weighted by atomic mass is 9.86. The lowest BCUT2D eigenvalue weighted by Crippen LogP contribution is -2.45. The average molecular weight is 504 g/mol. The summed E-state index contributed by atoms with van der Waals surface area (Å²) in [6.07, 6.45) is 11.1. The van der Waals surface area contributed by atoms with E-state index in [1.165, 1.54) is 25.2 Å². The Morgan fingerprint density at radius 3 is 2.57 bits per heavy atom. The van der Waals surface area contributed by atoms with Crippen molar-refractivity contribution in [3.63, 3.8) is 0 Å². The number of halogens is 1. The van der Waals surface area contributed by atoms with Gasteiger partial charge in [0.1, 0.15) is 17.3 Å². The van der Waals surface area contributed by atoms with Gasteiger partial charge < -0.3 is 10.6 Å². The van der Waals surface area contributed by atoms with Crippen LogP contribution in [0.5, 0.6) is 0 Å². The molecule has 35 heavy (non-hydrogen) atoms. The molecule has 1 aromatic carbocycles. The topological polar surface area (TPSA) is 112 Å². The molecule has 0 saturated heterocycles. The summed E-state index contributed by atoms with van der Waals surface area (Å²) in [5.41, 5.74) is 1.16. The Morgan fingerprint density at radius 2 is 1.86 bits per heavy atom. The van der Waals surface area contributed by atoms with Crippen LogP contribution in [0.25, 0.3) is 0 Å². The van der Waals surface area contributed by atoms with E-state index >= 15 is 0 Å². The molecule has 1 aromatic heterocycles. The first-order valence-electron chi connectivity index (χ1n) is 12.5. The van der Waals surface area contributed by atoms with Gasteiger partial charge in [0.25, 0.3) is 0 Å². The van der Waals surface area contributed by atoms with Crippen LogP contribution in [0.15, 0.2) is 29.3 Å². The van der Waals surface area contributed by atoms with Crippen molar-refractivity contribution in [3.8, 4) is 0 Å². The third-order valence-electron chi connectivity index (χ3n) is 7.24. The van der Waals surface area contributed by atoms with E-state index in [0.29, 0.717) is 36.2 Å². The highest BCUT2D eigenvalue weighted by molar-refractivity contribution is 7.88. The molecule has 2 aliphatic carbocycles. The van der Waals surface area contributed by atoms with E-state index in [-0.39, 0.29) is 12.1 Å². The normalized spacial score (nSPS) is 24.8. The van der Waals surface area contributed by atoms with Gasteiger partial charge in [-0.1, -0.05) is 25.0 Å². The largest absolute Gasteiger partial charge is 0.336 e. The summed E-state index contributed by atoms with van der Waals surface area (Å²) in [5.74, 6) is 1.60.